The fourth-order valence-electron chi connectivity index (χ4n) is 6.10. The average molecular weight is 414 g/mol. The first kappa shape index (κ1) is 21.3. The third kappa shape index (κ3) is 3.34. The third-order valence-corrected chi connectivity index (χ3v) is 7.92. The molecular weight excluding hydrogens is 378 g/mol. The van der Waals surface area contributed by atoms with Crippen LogP contribution in [-0.4, -0.2) is 86.0 Å². The number of ether oxygens (including phenoxy) is 1. The zero-order valence-corrected chi connectivity index (χ0v) is 18.7. The number of carbonyl (C=O) groups is 2. The Bertz CT molecular complexity index is 803. The molecule has 3 saturated heterocycles. The van der Waals surface area contributed by atoms with E-state index in [1.54, 1.807) is 7.11 Å². The summed E-state index contributed by atoms with van der Waals surface area (Å²) in [6, 6.07) is 7.82. The topological polar surface area (TPSA) is 53.1 Å². The van der Waals surface area contributed by atoms with Crippen LogP contribution in [0.4, 0.5) is 0 Å². The number of aryl methyl sites for hydroxylation is 1. The summed E-state index contributed by atoms with van der Waals surface area (Å²) in [5.41, 5.74) is 1.49. The third-order valence-electron chi connectivity index (χ3n) is 7.92. The van der Waals surface area contributed by atoms with Gasteiger partial charge in [0.25, 0.3) is 5.91 Å². The van der Waals surface area contributed by atoms with E-state index in [0.717, 1.165) is 76.2 Å². The van der Waals surface area contributed by atoms with E-state index in [1.165, 1.54) is 0 Å². The molecule has 0 aromatic heterocycles. The minimum absolute atomic E-state index is 0.0374. The van der Waals surface area contributed by atoms with E-state index in [-0.39, 0.29) is 16.7 Å². The highest BCUT2D eigenvalue weighted by Crippen LogP contribution is 2.57. The van der Waals surface area contributed by atoms with Crippen molar-refractivity contribution in [1.82, 2.24) is 14.7 Å². The number of nitrogens with zero attached hydrogens (tertiary/aromatic N) is 3. The van der Waals surface area contributed by atoms with Gasteiger partial charge in [0.1, 0.15) is 0 Å². The Hall–Kier alpha value is -1.92. The van der Waals surface area contributed by atoms with Gasteiger partial charge in [0.15, 0.2) is 0 Å². The maximum absolute atomic E-state index is 13.5. The molecule has 6 nitrogen and oxygen atoms in total. The molecule has 164 valence electrons. The first-order valence-electron chi connectivity index (χ1n) is 11.3. The summed E-state index contributed by atoms with van der Waals surface area (Å²) in [6.07, 6.45) is 2.74. The summed E-state index contributed by atoms with van der Waals surface area (Å²) >= 11 is 0. The molecule has 3 heterocycles. The predicted octanol–water partition coefficient (Wildman–Crippen LogP) is 2.42. The van der Waals surface area contributed by atoms with Gasteiger partial charge in [-0.2, -0.15) is 0 Å². The van der Waals surface area contributed by atoms with Crippen molar-refractivity contribution in [3.05, 3.63) is 35.4 Å². The fraction of sp³-hybridized carbons (Fsp3) is 0.667. The van der Waals surface area contributed by atoms with E-state index in [4.69, 9.17) is 4.74 Å². The summed E-state index contributed by atoms with van der Waals surface area (Å²) < 4.78 is 5.32. The summed E-state index contributed by atoms with van der Waals surface area (Å²) in [7, 11) is 1.73. The van der Waals surface area contributed by atoms with Crippen LogP contribution in [0.3, 0.4) is 0 Å². The summed E-state index contributed by atoms with van der Waals surface area (Å²) in [5, 5.41) is 0. The molecule has 4 rings (SSSR count). The summed E-state index contributed by atoms with van der Waals surface area (Å²) in [6.45, 7) is 10.5. The van der Waals surface area contributed by atoms with Crippen LogP contribution in [0.5, 0.6) is 0 Å². The minimum atomic E-state index is -0.297. The lowest BCUT2D eigenvalue weighted by atomic mass is 9.60. The quantitative estimate of drug-likeness (QED) is 0.744. The van der Waals surface area contributed by atoms with E-state index in [9.17, 15) is 9.59 Å². The van der Waals surface area contributed by atoms with Crippen molar-refractivity contribution in [1.29, 1.82) is 0 Å². The van der Waals surface area contributed by atoms with Crippen LogP contribution in [0.15, 0.2) is 24.3 Å². The number of amides is 2. The van der Waals surface area contributed by atoms with E-state index < -0.39 is 0 Å². The number of hydrogen-bond acceptors (Lipinski definition) is 4. The smallest absolute Gasteiger partial charge is 0.254 e. The standard InChI is InChI=1S/C24H35N3O3/c1-4-26-14-11-24(22(26)29)18-25(15-16-30-3)17-23(24)9-12-27(13-10-23)21(28)20-8-6-5-7-19(20)2/h5-8H,4,9-18H2,1-3H3. The second kappa shape index (κ2) is 8.31. The number of rotatable bonds is 5. The van der Waals surface area contributed by atoms with Crippen molar-refractivity contribution in [3.63, 3.8) is 0 Å². The normalized spacial score (nSPS) is 26.3. The van der Waals surface area contributed by atoms with Gasteiger partial charge in [-0.1, -0.05) is 18.2 Å². The SMILES string of the molecule is CCN1CCC2(CN(CCOC)CC23CCN(C(=O)c2ccccc2C)CC3)C1=O. The number of hydrogen-bond donors (Lipinski definition) is 0. The van der Waals surface area contributed by atoms with E-state index in [1.807, 2.05) is 41.0 Å². The lowest BCUT2D eigenvalue weighted by Gasteiger charge is -2.47. The van der Waals surface area contributed by atoms with Crippen molar-refractivity contribution in [2.24, 2.45) is 10.8 Å². The van der Waals surface area contributed by atoms with Crippen LogP contribution < -0.4 is 0 Å². The van der Waals surface area contributed by atoms with Gasteiger partial charge >= 0.3 is 0 Å². The maximum atomic E-state index is 13.5. The monoisotopic (exact) mass is 413 g/mol. The highest BCUT2D eigenvalue weighted by atomic mass is 16.5. The Morgan fingerprint density at radius 3 is 2.47 bits per heavy atom. The number of piperidine rings is 1. The minimum Gasteiger partial charge on any atom is -0.383 e. The molecule has 30 heavy (non-hydrogen) atoms. The van der Waals surface area contributed by atoms with Gasteiger partial charge in [-0.05, 0) is 44.7 Å². The largest absolute Gasteiger partial charge is 0.383 e. The van der Waals surface area contributed by atoms with Crippen LogP contribution in [0, 0.1) is 17.8 Å². The lowest BCUT2D eigenvalue weighted by Crippen LogP contribution is -2.53. The number of fused-ring (bicyclic) bond motifs is 1. The molecule has 3 aliphatic heterocycles. The molecule has 0 radical (unpaired) electrons. The van der Waals surface area contributed by atoms with Crippen molar-refractivity contribution in [2.45, 2.75) is 33.1 Å². The van der Waals surface area contributed by atoms with Crippen molar-refractivity contribution in [2.75, 3.05) is 59.5 Å². The number of methoxy groups -OCH3 is 1. The molecule has 3 fully saturated rings. The Kier molecular flexibility index (Phi) is 5.90. The van der Waals surface area contributed by atoms with Crippen LogP contribution in [-0.2, 0) is 9.53 Å². The van der Waals surface area contributed by atoms with Gasteiger partial charge in [0, 0.05) is 63.9 Å². The maximum Gasteiger partial charge on any atom is 0.254 e. The van der Waals surface area contributed by atoms with E-state index in [0.29, 0.717) is 12.5 Å². The number of likely N-dealkylation sites (tertiary alicyclic amines) is 3. The molecule has 0 aliphatic carbocycles. The molecule has 1 atom stereocenters. The number of benzene rings is 1. The molecule has 3 aliphatic rings. The zero-order valence-electron chi connectivity index (χ0n) is 18.7. The molecule has 0 saturated carbocycles. The number of carbonyl (C=O) groups excluding carboxylic acids is 2. The molecular formula is C24H35N3O3. The van der Waals surface area contributed by atoms with Crippen LogP contribution in [0.25, 0.3) is 0 Å². The zero-order chi connectivity index (χ0) is 21.4. The molecule has 0 bridgehead atoms. The molecule has 1 unspecified atom stereocenters. The summed E-state index contributed by atoms with van der Waals surface area (Å²) in [4.78, 5) is 33.1. The second-order valence-corrected chi connectivity index (χ2v) is 9.31. The van der Waals surface area contributed by atoms with Crippen molar-refractivity contribution < 1.29 is 14.3 Å². The Morgan fingerprint density at radius 2 is 1.83 bits per heavy atom. The van der Waals surface area contributed by atoms with Gasteiger partial charge in [-0.15, -0.1) is 0 Å². The van der Waals surface area contributed by atoms with Gasteiger partial charge in [0.05, 0.1) is 12.0 Å². The molecule has 6 heteroatoms. The molecule has 0 N–H and O–H groups in total. The van der Waals surface area contributed by atoms with Gasteiger partial charge < -0.3 is 14.5 Å². The first-order chi connectivity index (χ1) is 14.5. The second-order valence-electron chi connectivity index (χ2n) is 9.31. The highest BCUT2D eigenvalue weighted by Gasteiger charge is 2.64. The van der Waals surface area contributed by atoms with Gasteiger partial charge in [-0.25, -0.2) is 0 Å². The first-order valence-corrected chi connectivity index (χ1v) is 11.3. The molecule has 2 amide bonds. The highest BCUT2D eigenvalue weighted by molar-refractivity contribution is 5.95. The van der Waals surface area contributed by atoms with E-state index in [2.05, 4.69) is 11.8 Å². The average Bonchev–Trinajstić information content (AvgIpc) is 3.24. The van der Waals surface area contributed by atoms with Crippen molar-refractivity contribution in [3.8, 4) is 0 Å². The van der Waals surface area contributed by atoms with Crippen LogP contribution in [0.1, 0.15) is 42.1 Å². The van der Waals surface area contributed by atoms with Crippen LogP contribution >= 0.6 is 0 Å². The van der Waals surface area contributed by atoms with Gasteiger partial charge in [0.2, 0.25) is 5.91 Å². The molecule has 1 aromatic carbocycles. The van der Waals surface area contributed by atoms with Crippen LogP contribution in [0.2, 0.25) is 0 Å². The Morgan fingerprint density at radius 1 is 1.10 bits per heavy atom. The summed E-state index contributed by atoms with van der Waals surface area (Å²) in [5.74, 6) is 0.461. The lowest BCUT2D eigenvalue weighted by molar-refractivity contribution is -0.141. The molecule has 2 spiro atoms. The van der Waals surface area contributed by atoms with E-state index >= 15 is 0 Å². The Labute approximate surface area is 180 Å². The predicted molar refractivity (Wildman–Crippen MR) is 116 cm³/mol. The molecule has 1 aromatic rings. The Balaban J connectivity index is 1.54. The van der Waals surface area contributed by atoms with Crippen molar-refractivity contribution >= 4 is 11.8 Å². The van der Waals surface area contributed by atoms with Gasteiger partial charge in [-0.3, -0.25) is 14.5 Å². The fourth-order valence-corrected chi connectivity index (χ4v) is 6.10.